The molecule has 0 radical (unpaired) electrons. The lowest BCUT2D eigenvalue weighted by Crippen LogP contribution is -2.31. The number of benzene rings is 2. The minimum Gasteiger partial charge on any atom is -0.493 e. The Kier molecular flexibility index (Phi) is 8.32. The number of thioether (sulfide) groups is 1. The van der Waals surface area contributed by atoms with E-state index in [4.69, 9.17) is 25.8 Å². The van der Waals surface area contributed by atoms with Gasteiger partial charge in [-0.3, -0.25) is 14.5 Å². The summed E-state index contributed by atoms with van der Waals surface area (Å²) in [6.07, 6.45) is 3.08. The molecule has 0 atom stereocenters. The van der Waals surface area contributed by atoms with Gasteiger partial charge in [-0.1, -0.05) is 41.6 Å². The molecule has 4 rings (SSSR count). The van der Waals surface area contributed by atoms with Gasteiger partial charge in [0, 0.05) is 6.20 Å². The molecule has 0 spiro atoms. The first-order valence-corrected chi connectivity index (χ1v) is 12.3. The molecule has 11 heteroatoms. The van der Waals surface area contributed by atoms with Crippen LogP contribution in [0.5, 0.6) is 17.2 Å². The van der Waals surface area contributed by atoms with E-state index in [1.165, 1.54) is 32.4 Å². The standard InChI is InChI=1S/C26H23ClN4O5S/c1-34-20-12-16(13-21(35-2)24(20)36-3)11-19-25(33)31(18-7-5-4-6-8-18)26(29-19)37-15-23(32)30-22-10-9-17(27)14-28-22/h4-14H,15H2,1-3H3,(H,28,30,32)/b19-11-. The van der Waals surface area contributed by atoms with Crippen LogP contribution in [-0.4, -0.2) is 49.0 Å². The first kappa shape index (κ1) is 26.1. The van der Waals surface area contributed by atoms with Crippen molar-refractivity contribution >= 4 is 57.9 Å². The van der Waals surface area contributed by atoms with Gasteiger partial charge in [0.05, 0.1) is 37.8 Å². The lowest BCUT2D eigenvalue weighted by Gasteiger charge is -2.17. The Morgan fingerprint density at radius 1 is 1.05 bits per heavy atom. The Labute approximate surface area is 223 Å². The maximum atomic E-state index is 13.4. The summed E-state index contributed by atoms with van der Waals surface area (Å²) in [6.45, 7) is 0. The molecule has 190 valence electrons. The number of para-hydroxylation sites is 1. The highest BCUT2D eigenvalue weighted by Crippen LogP contribution is 2.39. The van der Waals surface area contributed by atoms with E-state index in [1.54, 1.807) is 42.5 Å². The molecule has 0 saturated carbocycles. The molecule has 3 aromatic rings. The van der Waals surface area contributed by atoms with E-state index in [0.29, 0.717) is 44.5 Å². The van der Waals surface area contributed by atoms with Crippen LogP contribution in [0, 0.1) is 0 Å². The molecule has 37 heavy (non-hydrogen) atoms. The lowest BCUT2D eigenvalue weighted by molar-refractivity contribution is -0.114. The zero-order valence-electron chi connectivity index (χ0n) is 20.2. The number of carbonyl (C=O) groups is 2. The van der Waals surface area contributed by atoms with Crippen molar-refractivity contribution in [2.45, 2.75) is 0 Å². The average Bonchev–Trinajstić information content (AvgIpc) is 3.23. The number of amides is 2. The molecular formula is C26H23ClN4O5S. The molecule has 0 saturated heterocycles. The zero-order valence-corrected chi connectivity index (χ0v) is 21.8. The van der Waals surface area contributed by atoms with Crippen LogP contribution in [0.25, 0.3) is 6.08 Å². The monoisotopic (exact) mass is 538 g/mol. The Morgan fingerprint density at radius 3 is 2.35 bits per heavy atom. The molecule has 9 nitrogen and oxygen atoms in total. The molecular weight excluding hydrogens is 516 g/mol. The SMILES string of the molecule is COc1cc(/C=C2\N=C(SCC(=O)Nc3ccc(Cl)cn3)N(c3ccccc3)C2=O)cc(OC)c1OC. The van der Waals surface area contributed by atoms with Gasteiger partial charge in [0.2, 0.25) is 11.7 Å². The number of halogens is 1. The van der Waals surface area contributed by atoms with Gasteiger partial charge in [-0.2, -0.15) is 0 Å². The van der Waals surface area contributed by atoms with Gasteiger partial charge in [-0.05, 0) is 48.0 Å². The Morgan fingerprint density at radius 2 is 1.76 bits per heavy atom. The first-order chi connectivity index (χ1) is 17.9. The molecule has 0 aliphatic carbocycles. The molecule has 0 bridgehead atoms. The summed E-state index contributed by atoms with van der Waals surface area (Å²) in [7, 11) is 4.55. The van der Waals surface area contributed by atoms with Crippen molar-refractivity contribution in [1.29, 1.82) is 0 Å². The summed E-state index contributed by atoms with van der Waals surface area (Å²) >= 11 is 6.98. The fourth-order valence-corrected chi connectivity index (χ4v) is 4.42. The molecule has 0 unspecified atom stereocenters. The number of pyridine rings is 1. The molecule has 2 amide bonds. The van der Waals surface area contributed by atoms with Gasteiger partial charge >= 0.3 is 0 Å². The van der Waals surface area contributed by atoms with E-state index in [2.05, 4.69) is 15.3 Å². The second-order valence-corrected chi connectivity index (χ2v) is 8.94. The molecule has 1 aliphatic rings. The van der Waals surface area contributed by atoms with Crippen molar-refractivity contribution in [1.82, 2.24) is 4.98 Å². The number of hydrogen-bond acceptors (Lipinski definition) is 8. The van der Waals surface area contributed by atoms with Crippen LogP contribution in [0.15, 0.2) is 71.5 Å². The van der Waals surface area contributed by atoms with Crippen LogP contribution >= 0.6 is 23.4 Å². The lowest BCUT2D eigenvalue weighted by atomic mass is 10.1. The van der Waals surface area contributed by atoms with Crippen molar-refractivity contribution in [3.8, 4) is 17.2 Å². The number of ether oxygens (including phenoxy) is 3. The van der Waals surface area contributed by atoms with Crippen molar-refractivity contribution in [3.63, 3.8) is 0 Å². The van der Waals surface area contributed by atoms with Crippen molar-refractivity contribution in [3.05, 3.63) is 77.1 Å². The highest BCUT2D eigenvalue weighted by Gasteiger charge is 2.32. The minimum absolute atomic E-state index is 0.0111. The summed E-state index contributed by atoms with van der Waals surface area (Å²) in [5, 5.41) is 3.54. The fourth-order valence-electron chi connectivity index (χ4n) is 3.50. The van der Waals surface area contributed by atoms with Gasteiger partial charge in [-0.15, -0.1) is 0 Å². The van der Waals surface area contributed by atoms with Gasteiger partial charge in [-0.25, -0.2) is 9.98 Å². The van der Waals surface area contributed by atoms with Gasteiger partial charge in [0.25, 0.3) is 5.91 Å². The van der Waals surface area contributed by atoms with Crippen LogP contribution in [0.2, 0.25) is 5.02 Å². The Bertz CT molecular complexity index is 1340. The minimum atomic E-state index is -0.331. The molecule has 2 heterocycles. The number of rotatable bonds is 8. The largest absolute Gasteiger partial charge is 0.493 e. The van der Waals surface area contributed by atoms with E-state index < -0.39 is 0 Å². The van der Waals surface area contributed by atoms with Crippen molar-refractivity contribution < 1.29 is 23.8 Å². The Hall–Kier alpha value is -4.02. The van der Waals surface area contributed by atoms with E-state index in [0.717, 1.165) is 11.8 Å². The number of methoxy groups -OCH3 is 3. The Balaban J connectivity index is 1.62. The summed E-state index contributed by atoms with van der Waals surface area (Å²) in [4.78, 5) is 36.1. The number of carbonyl (C=O) groups excluding carboxylic acids is 2. The molecule has 1 aliphatic heterocycles. The number of nitrogens with zero attached hydrogens (tertiary/aromatic N) is 3. The van der Waals surface area contributed by atoms with Gasteiger partial charge in [0.15, 0.2) is 16.7 Å². The van der Waals surface area contributed by atoms with Crippen LogP contribution in [0.1, 0.15) is 5.56 Å². The highest BCUT2D eigenvalue weighted by molar-refractivity contribution is 8.14. The predicted octanol–water partition coefficient (Wildman–Crippen LogP) is 4.88. The first-order valence-electron chi connectivity index (χ1n) is 11.0. The zero-order chi connectivity index (χ0) is 26.4. The van der Waals surface area contributed by atoms with E-state index in [9.17, 15) is 9.59 Å². The van der Waals surface area contributed by atoms with E-state index in [1.807, 2.05) is 18.2 Å². The van der Waals surface area contributed by atoms with Crippen LogP contribution in [-0.2, 0) is 9.59 Å². The average molecular weight is 539 g/mol. The van der Waals surface area contributed by atoms with E-state index in [-0.39, 0.29) is 23.3 Å². The van der Waals surface area contributed by atoms with Gasteiger partial charge < -0.3 is 19.5 Å². The third kappa shape index (κ3) is 6.04. The highest BCUT2D eigenvalue weighted by atomic mass is 35.5. The van der Waals surface area contributed by atoms with Crippen LogP contribution in [0.4, 0.5) is 11.5 Å². The number of anilines is 2. The number of nitrogens with one attached hydrogen (secondary N) is 1. The summed E-state index contributed by atoms with van der Waals surface area (Å²) in [5.41, 5.74) is 1.46. The second-order valence-electron chi connectivity index (χ2n) is 7.56. The number of aromatic nitrogens is 1. The summed E-state index contributed by atoms with van der Waals surface area (Å²) < 4.78 is 16.2. The third-order valence-electron chi connectivity index (χ3n) is 5.16. The number of amidine groups is 1. The van der Waals surface area contributed by atoms with Crippen LogP contribution in [0.3, 0.4) is 0 Å². The van der Waals surface area contributed by atoms with E-state index >= 15 is 0 Å². The summed E-state index contributed by atoms with van der Waals surface area (Å²) in [5.74, 6) is 1.10. The predicted molar refractivity (Wildman–Crippen MR) is 146 cm³/mol. The van der Waals surface area contributed by atoms with Crippen molar-refractivity contribution in [2.24, 2.45) is 4.99 Å². The maximum Gasteiger partial charge on any atom is 0.283 e. The quantitative estimate of drug-likeness (QED) is 0.408. The smallest absolute Gasteiger partial charge is 0.283 e. The number of aliphatic imine (C=N–C) groups is 1. The molecule has 0 fully saturated rings. The normalized spacial score (nSPS) is 13.9. The second kappa shape index (κ2) is 11.8. The fraction of sp³-hybridized carbons (Fsp3) is 0.154. The molecule has 1 aromatic heterocycles. The van der Waals surface area contributed by atoms with Crippen molar-refractivity contribution in [2.75, 3.05) is 37.3 Å². The summed E-state index contributed by atoms with van der Waals surface area (Å²) in [6, 6.07) is 15.8. The maximum absolute atomic E-state index is 13.4. The van der Waals surface area contributed by atoms with Crippen LogP contribution < -0.4 is 24.4 Å². The topological polar surface area (TPSA) is 102 Å². The third-order valence-corrected chi connectivity index (χ3v) is 6.32. The van der Waals surface area contributed by atoms with Gasteiger partial charge in [0.1, 0.15) is 11.5 Å². The molecule has 2 aromatic carbocycles. The number of hydrogen-bond donors (Lipinski definition) is 1. The molecule has 1 N–H and O–H groups in total.